The number of halogens is 1. The first-order chi connectivity index (χ1) is 8.33. The van der Waals surface area contributed by atoms with Crippen molar-refractivity contribution in [1.82, 2.24) is 0 Å². The fraction of sp³-hybridized carbons (Fsp3) is 0.500. The van der Waals surface area contributed by atoms with Crippen LogP contribution in [0, 0.1) is 0 Å². The van der Waals surface area contributed by atoms with E-state index >= 15 is 0 Å². The monoisotopic (exact) mass is 271 g/mol. The van der Waals surface area contributed by atoms with Crippen molar-refractivity contribution in [3.63, 3.8) is 0 Å². The number of thioether (sulfide) groups is 1. The standard InChI is InChI=1S/C12H14ClNO2S/c13-9-5-11-12(16-7-15-11)6-10(9)14-8-1-3-17-4-2-8/h5-6,8,14H,1-4,7H2. The van der Waals surface area contributed by atoms with Gasteiger partial charge in [0, 0.05) is 18.2 Å². The van der Waals surface area contributed by atoms with Crippen LogP contribution in [0.3, 0.4) is 0 Å². The summed E-state index contributed by atoms with van der Waals surface area (Å²) in [6, 6.07) is 4.28. The van der Waals surface area contributed by atoms with Gasteiger partial charge in [0.25, 0.3) is 0 Å². The van der Waals surface area contributed by atoms with E-state index < -0.39 is 0 Å². The first-order valence-electron chi connectivity index (χ1n) is 5.76. The minimum atomic E-state index is 0.287. The van der Waals surface area contributed by atoms with E-state index in [1.165, 1.54) is 24.3 Å². The molecule has 0 amide bonds. The Morgan fingerprint density at radius 2 is 1.88 bits per heavy atom. The van der Waals surface area contributed by atoms with Crippen molar-refractivity contribution in [2.45, 2.75) is 18.9 Å². The predicted molar refractivity (Wildman–Crippen MR) is 71.5 cm³/mol. The Morgan fingerprint density at radius 3 is 2.65 bits per heavy atom. The van der Waals surface area contributed by atoms with Crippen LogP contribution in [0.4, 0.5) is 5.69 Å². The molecule has 0 aliphatic carbocycles. The van der Waals surface area contributed by atoms with E-state index in [9.17, 15) is 0 Å². The second kappa shape index (κ2) is 4.86. The van der Waals surface area contributed by atoms with Gasteiger partial charge < -0.3 is 14.8 Å². The summed E-state index contributed by atoms with van der Waals surface area (Å²) in [4.78, 5) is 0. The van der Waals surface area contributed by atoms with Gasteiger partial charge in [-0.1, -0.05) is 11.6 Å². The molecule has 1 fully saturated rings. The summed E-state index contributed by atoms with van der Waals surface area (Å²) in [7, 11) is 0. The van der Waals surface area contributed by atoms with Crippen LogP contribution in [0.2, 0.25) is 5.02 Å². The molecule has 92 valence electrons. The van der Waals surface area contributed by atoms with Gasteiger partial charge in [0.1, 0.15) is 0 Å². The largest absolute Gasteiger partial charge is 0.454 e. The van der Waals surface area contributed by atoms with E-state index in [0.29, 0.717) is 11.1 Å². The molecule has 17 heavy (non-hydrogen) atoms. The number of nitrogens with one attached hydrogen (secondary N) is 1. The highest BCUT2D eigenvalue weighted by Crippen LogP contribution is 2.39. The van der Waals surface area contributed by atoms with E-state index in [-0.39, 0.29) is 6.79 Å². The smallest absolute Gasteiger partial charge is 0.231 e. The summed E-state index contributed by atoms with van der Waals surface area (Å²) in [5, 5.41) is 4.20. The molecule has 1 aromatic carbocycles. The van der Waals surface area contributed by atoms with E-state index in [1.54, 1.807) is 0 Å². The fourth-order valence-electron chi connectivity index (χ4n) is 2.09. The summed E-state index contributed by atoms with van der Waals surface area (Å²) >= 11 is 8.24. The Kier molecular flexibility index (Phi) is 3.25. The molecule has 0 atom stereocenters. The second-order valence-corrected chi connectivity index (χ2v) is 5.85. The predicted octanol–water partition coefficient (Wildman–Crippen LogP) is 3.38. The van der Waals surface area contributed by atoms with Gasteiger partial charge in [0.2, 0.25) is 6.79 Å². The van der Waals surface area contributed by atoms with Crippen molar-refractivity contribution in [1.29, 1.82) is 0 Å². The lowest BCUT2D eigenvalue weighted by Crippen LogP contribution is -2.24. The van der Waals surface area contributed by atoms with Crippen molar-refractivity contribution < 1.29 is 9.47 Å². The van der Waals surface area contributed by atoms with Gasteiger partial charge in [-0.15, -0.1) is 0 Å². The number of benzene rings is 1. The Morgan fingerprint density at radius 1 is 1.18 bits per heavy atom. The molecule has 5 heteroatoms. The SMILES string of the molecule is Clc1cc2c(cc1NC1CCSCC1)OCO2. The summed E-state index contributed by atoms with van der Waals surface area (Å²) in [6.45, 7) is 0.287. The number of anilines is 1. The summed E-state index contributed by atoms with van der Waals surface area (Å²) in [5.41, 5.74) is 0.952. The lowest BCUT2D eigenvalue weighted by atomic mass is 10.1. The van der Waals surface area contributed by atoms with Crippen LogP contribution in [-0.2, 0) is 0 Å². The molecule has 1 aromatic rings. The summed E-state index contributed by atoms with van der Waals surface area (Å²) < 4.78 is 10.6. The second-order valence-electron chi connectivity index (χ2n) is 4.22. The molecule has 0 radical (unpaired) electrons. The van der Waals surface area contributed by atoms with E-state index in [4.69, 9.17) is 21.1 Å². The van der Waals surface area contributed by atoms with Gasteiger partial charge in [-0.3, -0.25) is 0 Å². The van der Waals surface area contributed by atoms with E-state index in [2.05, 4.69) is 5.32 Å². The molecule has 0 saturated carbocycles. The quantitative estimate of drug-likeness (QED) is 0.893. The van der Waals surface area contributed by atoms with Gasteiger partial charge in [0.05, 0.1) is 10.7 Å². The van der Waals surface area contributed by atoms with Gasteiger partial charge in [-0.25, -0.2) is 0 Å². The van der Waals surface area contributed by atoms with Crippen molar-refractivity contribution in [3.05, 3.63) is 17.2 Å². The number of rotatable bonds is 2. The molecule has 0 bridgehead atoms. The van der Waals surface area contributed by atoms with Gasteiger partial charge in [-0.2, -0.15) is 11.8 Å². The third-order valence-corrected chi connectivity index (χ3v) is 4.40. The van der Waals surface area contributed by atoms with Crippen LogP contribution >= 0.6 is 23.4 Å². The molecule has 0 spiro atoms. The minimum absolute atomic E-state index is 0.287. The maximum atomic E-state index is 6.22. The lowest BCUT2D eigenvalue weighted by Gasteiger charge is -2.24. The molecule has 2 aliphatic rings. The summed E-state index contributed by atoms with van der Waals surface area (Å²) in [5.74, 6) is 3.96. The Hall–Kier alpha value is -0.740. The first-order valence-corrected chi connectivity index (χ1v) is 7.29. The first kappa shape index (κ1) is 11.4. The molecule has 3 rings (SSSR count). The third-order valence-electron chi connectivity index (χ3n) is 3.04. The molecule has 0 unspecified atom stereocenters. The topological polar surface area (TPSA) is 30.5 Å². The fourth-order valence-corrected chi connectivity index (χ4v) is 3.40. The van der Waals surface area contributed by atoms with Gasteiger partial charge >= 0.3 is 0 Å². The molecule has 2 heterocycles. The molecule has 1 N–H and O–H groups in total. The van der Waals surface area contributed by atoms with Gasteiger partial charge in [0.15, 0.2) is 11.5 Å². The van der Waals surface area contributed by atoms with Crippen LogP contribution < -0.4 is 14.8 Å². The van der Waals surface area contributed by atoms with Gasteiger partial charge in [-0.05, 0) is 24.3 Å². The average Bonchev–Trinajstić information content (AvgIpc) is 2.78. The van der Waals surface area contributed by atoms with Crippen molar-refractivity contribution >= 4 is 29.1 Å². The van der Waals surface area contributed by atoms with Crippen LogP contribution in [-0.4, -0.2) is 24.3 Å². The van der Waals surface area contributed by atoms with Crippen molar-refractivity contribution in [3.8, 4) is 11.5 Å². The maximum absolute atomic E-state index is 6.22. The number of ether oxygens (including phenoxy) is 2. The van der Waals surface area contributed by atoms with Crippen LogP contribution in [0.15, 0.2) is 12.1 Å². The highest BCUT2D eigenvalue weighted by atomic mass is 35.5. The number of fused-ring (bicyclic) bond motifs is 1. The Balaban J connectivity index is 1.78. The molecule has 1 saturated heterocycles. The zero-order valence-electron chi connectivity index (χ0n) is 9.37. The molecular formula is C12H14ClNO2S. The molecule has 2 aliphatic heterocycles. The third kappa shape index (κ3) is 2.43. The average molecular weight is 272 g/mol. The minimum Gasteiger partial charge on any atom is -0.454 e. The Labute approximate surface area is 110 Å². The van der Waals surface area contributed by atoms with Crippen LogP contribution in [0.5, 0.6) is 11.5 Å². The molecule has 0 aromatic heterocycles. The summed E-state index contributed by atoms with van der Waals surface area (Å²) in [6.07, 6.45) is 2.38. The van der Waals surface area contributed by atoms with Crippen LogP contribution in [0.1, 0.15) is 12.8 Å². The lowest BCUT2D eigenvalue weighted by molar-refractivity contribution is 0.174. The van der Waals surface area contributed by atoms with E-state index in [0.717, 1.165) is 17.2 Å². The van der Waals surface area contributed by atoms with Crippen molar-refractivity contribution in [2.24, 2.45) is 0 Å². The van der Waals surface area contributed by atoms with Crippen LogP contribution in [0.25, 0.3) is 0 Å². The highest BCUT2D eigenvalue weighted by molar-refractivity contribution is 7.99. The number of hydrogen-bond donors (Lipinski definition) is 1. The normalized spacial score (nSPS) is 19.4. The van der Waals surface area contributed by atoms with E-state index in [1.807, 2.05) is 23.9 Å². The molecular weight excluding hydrogens is 258 g/mol. The Bertz CT molecular complexity index is 421. The molecule has 3 nitrogen and oxygen atoms in total. The zero-order chi connectivity index (χ0) is 11.7. The maximum Gasteiger partial charge on any atom is 0.231 e. The zero-order valence-corrected chi connectivity index (χ0v) is 10.9. The van der Waals surface area contributed by atoms with Crippen molar-refractivity contribution in [2.75, 3.05) is 23.6 Å². The number of hydrogen-bond acceptors (Lipinski definition) is 4. The highest BCUT2D eigenvalue weighted by Gasteiger charge is 2.19.